The minimum Gasteiger partial charge on any atom is -0.497 e. The number of nitrogens with one attached hydrogen (secondary N) is 1. The maximum Gasteiger partial charge on any atom is 0.230 e. The number of ether oxygens (including phenoxy) is 1. The van der Waals surface area contributed by atoms with Crippen molar-refractivity contribution in [1.82, 2.24) is 4.98 Å². The highest BCUT2D eigenvalue weighted by Crippen LogP contribution is 2.32. The highest BCUT2D eigenvalue weighted by Gasteiger charge is 2.21. The number of aryl methyl sites for hydroxylation is 1. The van der Waals surface area contributed by atoms with E-state index in [-0.39, 0.29) is 5.91 Å². The second-order valence-electron chi connectivity index (χ2n) is 7.35. The van der Waals surface area contributed by atoms with Gasteiger partial charge in [-0.05, 0) is 55.3 Å². The summed E-state index contributed by atoms with van der Waals surface area (Å²) in [5.74, 6) is 0.838. The van der Waals surface area contributed by atoms with Crippen molar-refractivity contribution in [3.63, 3.8) is 0 Å². The number of thiazole rings is 1. The molecule has 3 rings (SSSR count). The van der Waals surface area contributed by atoms with Crippen molar-refractivity contribution in [2.45, 2.75) is 33.9 Å². The van der Waals surface area contributed by atoms with Gasteiger partial charge in [0.25, 0.3) is 0 Å². The zero-order valence-corrected chi connectivity index (χ0v) is 18.5. The Morgan fingerprint density at radius 2 is 1.86 bits per heavy atom. The van der Waals surface area contributed by atoms with Crippen LogP contribution in [0.2, 0.25) is 0 Å². The van der Waals surface area contributed by atoms with Crippen molar-refractivity contribution in [2.75, 3.05) is 19.1 Å². The molecule has 1 aromatic heterocycles. The molecular weight excluding hydrogens is 382 g/mol. The largest absolute Gasteiger partial charge is 0.497 e. The molecule has 1 N–H and O–H groups in total. The van der Waals surface area contributed by atoms with Gasteiger partial charge in [0.1, 0.15) is 24.5 Å². The normalized spacial score (nSPS) is 11.9. The van der Waals surface area contributed by atoms with E-state index in [0.29, 0.717) is 0 Å². The highest BCUT2D eigenvalue weighted by molar-refractivity contribution is 7.14. The molecular formula is C23H28N3O2S+. The van der Waals surface area contributed by atoms with Crippen molar-refractivity contribution in [3.05, 3.63) is 70.2 Å². The van der Waals surface area contributed by atoms with E-state index in [0.717, 1.165) is 46.5 Å². The van der Waals surface area contributed by atoms with Crippen LogP contribution in [0.15, 0.2) is 47.8 Å². The van der Waals surface area contributed by atoms with Crippen molar-refractivity contribution < 1.29 is 14.4 Å². The van der Waals surface area contributed by atoms with Crippen molar-refractivity contribution in [3.8, 4) is 5.75 Å². The molecule has 6 heteroatoms. The lowest BCUT2D eigenvalue weighted by molar-refractivity contribution is -0.908. The molecule has 29 heavy (non-hydrogen) atoms. The van der Waals surface area contributed by atoms with Crippen LogP contribution in [-0.2, 0) is 17.9 Å². The molecule has 1 amide bonds. The first-order valence-electron chi connectivity index (χ1n) is 9.64. The number of quaternary nitrogens is 1. The fourth-order valence-corrected chi connectivity index (χ4v) is 4.21. The van der Waals surface area contributed by atoms with E-state index in [2.05, 4.69) is 32.2 Å². The molecule has 152 valence electrons. The molecule has 0 aliphatic heterocycles. The van der Waals surface area contributed by atoms with Gasteiger partial charge in [-0.25, -0.2) is 4.98 Å². The summed E-state index contributed by atoms with van der Waals surface area (Å²) < 4.78 is 5.22. The second-order valence-corrected chi connectivity index (χ2v) is 8.19. The van der Waals surface area contributed by atoms with Gasteiger partial charge in [-0.3, -0.25) is 9.69 Å². The standard InChI is InChI=1S/C23H27N3O2S/c1-16-7-6-8-22(17(16)2)26(18(3)27)23-24-20(15-29-23)14-25(4)13-19-9-11-21(28-5)12-10-19/h6-12,15H,13-14H2,1-5H3/p+1. The Balaban J connectivity index is 1.74. The lowest BCUT2D eigenvalue weighted by Gasteiger charge is -2.21. The molecule has 0 radical (unpaired) electrons. The Labute approximate surface area is 176 Å². The van der Waals surface area contributed by atoms with E-state index in [1.807, 2.05) is 36.6 Å². The Morgan fingerprint density at radius 1 is 1.14 bits per heavy atom. The topological polar surface area (TPSA) is 46.9 Å². The fourth-order valence-electron chi connectivity index (χ4n) is 3.33. The van der Waals surface area contributed by atoms with Crippen LogP contribution in [-0.4, -0.2) is 25.0 Å². The number of benzene rings is 2. The van der Waals surface area contributed by atoms with Gasteiger partial charge in [-0.1, -0.05) is 12.1 Å². The Bertz CT molecular complexity index is 982. The molecule has 0 fully saturated rings. The number of methoxy groups -OCH3 is 1. The monoisotopic (exact) mass is 410 g/mol. The van der Waals surface area contributed by atoms with Gasteiger partial charge in [0, 0.05) is 17.9 Å². The smallest absolute Gasteiger partial charge is 0.230 e. The Kier molecular flexibility index (Phi) is 6.67. The summed E-state index contributed by atoms with van der Waals surface area (Å²) in [7, 11) is 3.82. The first-order chi connectivity index (χ1) is 13.9. The van der Waals surface area contributed by atoms with Crippen molar-refractivity contribution in [1.29, 1.82) is 0 Å². The Hall–Kier alpha value is -2.70. The average molecular weight is 411 g/mol. The zero-order chi connectivity index (χ0) is 21.0. The maximum absolute atomic E-state index is 12.4. The van der Waals surface area contributed by atoms with Crippen LogP contribution in [0.4, 0.5) is 10.8 Å². The molecule has 5 nitrogen and oxygen atoms in total. The molecule has 0 spiro atoms. The number of anilines is 2. The molecule has 0 aliphatic carbocycles. The van der Waals surface area contributed by atoms with Crippen LogP contribution in [0.5, 0.6) is 5.75 Å². The molecule has 0 aliphatic rings. The molecule has 1 atom stereocenters. The summed E-state index contributed by atoms with van der Waals surface area (Å²) in [5.41, 5.74) is 5.40. The summed E-state index contributed by atoms with van der Waals surface area (Å²) in [6, 6.07) is 14.2. The van der Waals surface area contributed by atoms with E-state index in [1.165, 1.54) is 21.8 Å². The second kappa shape index (κ2) is 9.20. The van der Waals surface area contributed by atoms with E-state index in [9.17, 15) is 4.79 Å². The third-order valence-electron chi connectivity index (χ3n) is 5.01. The lowest BCUT2D eigenvalue weighted by Crippen LogP contribution is -3.06. The van der Waals surface area contributed by atoms with Crippen LogP contribution in [0.3, 0.4) is 0 Å². The van der Waals surface area contributed by atoms with E-state index in [4.69, 9.17) is 9.72 Å². The molecule has 2 aromatic carbocycles. The summed E-state index contributed by atoms with van der Waals surface area (Å²) in [5, 5.41) is 2.77. The van der Waals surface area contributed by atoms with Crippen LogP contribution in [0, 0.1) is 13.8 Å². The SMILES string of the molecule is COc1ccc(C[NH+](C)Cc2csc(N(C(C)=O)c3cccc(C)c3C)n2)cc1. The minimum absolute atomic E-state index is 0.0291. The number of nitrogens with zero attached hydrogens (tertiary/aromatic N) is 2. The fraction of sp³-hybridized carbons (Fsp3) is 0.304. The summed E-state index contributed by atoms with van der Waals surface area (Å²) in [6.45, 7) is 7.37. The van der Waals surface area contributed by atoms with Gasteiger partial charge in [-0.15, -0.1) is 11.3 Å². The van der Waals surface area contributed by atoms with Crippen molar-refractivity contribution >= 4 is 28.1 Å². The average Bonchev–Trinajstić information content (AvgIpc) is 3.13. The first kappa shape index (κ1) is 21.0. The highest BCUT2D eigenvalue weighted by atomic mass is 32.1. The number of rotatable bonds is 7. The summed E-state index contributed by atoms with van der Waals surface area (Å²) >= 11 is 1.51. The number of hydrogen-bond donors (Lipinski definition) is 1. The molecule has 1 heterocycles. The quantitative estimate of drug-likeness (QED) is 0.647. The predicted molar refractivity (Wildman–Crippen MR) is 118 cm³/mol. The number of carbonyl (C=O) groups is 1. The van der Waals surface area contributed by atoms with Gasteiger partial charge >= 0.3 is 0 Å². The number of aromatic nitrogens is 1. The minimum atomic E-state index is -0.0291. The van der Waals surface area contributed by atoms with E-state index < -0.39 is 0 Å². The summed E-state index contributed by atoms with van der Waals surface area (Å²) in [6.07, 6.45) is 0. The van der Waals surface area contributed by atoms with Crippen LogP contribution in [0.1, 0.15) is 29.3 Å². The van der Waals surface area contributed by atoms with E-state index >= 15 is 0 Å². The Morgan fingerprint density at radius 3 is 2.52 bits per heavy atom. The molecule has 0 saturated heterocycles. The number of hydrogen-bond acceptors (Lipinski definition) is 4. The van der Waals surface area contributed by atoms with Gasteiger partial charge in [0.15, 0.2) is 5.13 Å². The van der Waals surface area contributed by atoms with Gasteiger partial charge in [-0.2, -0.15) is 0 Å². The molecule has 0 saturated carbocycles. The molecule has 1 unspecified atom stereocenters. The van der Waals surface area contributed by atoms with Crippen LogP contribution >= 0.6 is 11.3 Å². The maximum atomic E-state index is 12.4. The van der Waals surface area contributed by atoms with Crippen LogP contribution in [0.25, 0.3) is 0 Å². The van der Waals surface area contributed by atoms with Crippen molar-refractivity contribution in [2.24, 2.45) is 0 Å². The van der Waals surface area contributed by atoms with Gasteiger partial charge < -0.3 is 9.64 Å². The number of carbonyl (C=O) groups excluding carboxylic acids is 1. The summed E-state index contributed by atoms with van der Waals surface area (Å²) in [4.78, 5) is 20.2. The number of amides is 1. The molecule has 3 aromatic rings. The molecule has 0 bridgehead atoms. The first-order valence-corrected chi connectivity index (χ1v) is 10.5. The van der Waals surface area contributed by atoms with Crippen LogP contribution < -0.4 is 14.5 Å². The third kappa shape index (κ3) is 5.02. The van der Waals surface area contributed by atoms with E-state index in [1.54, 1.807) is 18.9 Å². The zero-order valence-electron chi connectivity index (χ0n) is 17.7. The third-order valence-corrected chi connectivity index (χ3v) is 5.89. The van der Waals surface area contributed by atoms with Gasteiger partial charge in [0.2, 0.25) is 5.91 Å². The van der Waals surface area contributed by atoms with Gasteiger partial charge in [0.05, 0.1) is 19.8 Å². The lowest BCUT2D eigenvalue weighted by atomic mass is 10.1. The predicted octanol–water partition coefficient (Wildman–Crippen LogP) is 3.67.